The number of aliphatic hydroxyl groups is 6. The molecular formula is C64H99N13O25S. The molecule has 2 fully saturated rings. The molecule has 2 aliphatic heterocycles. The number of aliphatic imine (C=N–C) groups is 1. The number of carboxylic acids is 2. The van der Waals surface area contributed by atoms with Crippen LogP contribution in [0, 0.1) is 11.8 Å². The minimum Gasteiger partial charge on any atom is -0.508 e. The van der Waals surface area contributed by atoms with Crippen LogP contribution in [0.4, 0.5) is 0 Å². The van der Waals surface area contributed by atoms with Gasteiger partial charge in [-0.05, 0) is 78.7 Å². The number of carboxylic acid groups (broad SMARTS) is 2. The van der Waals surface area contributed by atoms with Gasteiger partial charge in [0.25, 0.3) is 5.79 Å². The maximum absolute atomic E-state index is 14.8. The molecule has 0 radical (unpaired) electrons. The monoisotopic (exact) mass is 1480 g/mol. The standard InChI is InChI=1S/C64H99N13O25S/c1-30(2)22-42(60(95)96)74-47(87)27-70-56(91)39(17-20-103-21-19-99-61-50(72-33(6)81)54(52(89)45(29-79)100-61)102-64(62(97)98)25-43(84)49(71-32(5)80)53(101-64)51(88)44(85)28-78)75-57(92)41(24-35-11-15-37(83)16-12-35)76-59(94)48(31(3)4)77-58(93)40(23-34-9-13-36(82)14-10-34)73-46(86)26-69-55(90)38(65)8-7-18-68-63(66)67/h9-16,30-31,38-45,48-54,61,78-79,82-85,88-89H,7-8,17-29,65H2,1-6H3,(H,69,90)(H,70,91)(H,71,80)(H,72,81)(H,73,86)(H,74,87)(H,75,92)(H,76,94)(H,77,93)(H,95,96)(H,97,98)(H4,66,67,68)/t38-,39-,40-,41-,42-,43-,44+,45+,48-,49+,50+,51+,52-,53+,54+,61-,64-/m0/s1. The Morgan fingerprint density at radius 1 is 0.689 bits per heavy atom. The molecule has 0 saturated carbocycles. The summed E-state index contributed by atoms with van der Waals surface area (Å²) in [5.74, 6) is -15.6. The molecule has 0 bridgehead atoms. The summed E-state index contributed by atoms with van der Waals surface area (Å²) in [6.45, 7) is 5.02. The molecule has 576 valence electrons. The third-order valence-electron chi connectivity index (χ3n) is 16.2. The van der Waals surface area contributed by atoms with Gasteiger partial charge in [0, 0.05) is 45.4 Å². The number of thioether (sulfide) groups is 1. The normalized spacial score (nSPS) is 22.6. The highest BCUT2D eigenvalue weighted by Crippen LogP contribution is 2.38. The fourth-order valence-corrected chi connectivity index (χ4v) is 11.7. The average Bonchev–Trinajstić information content (AvgIpc) is 0.752. The van der Waals surface area contributed by atoms with Crippen molar-refractivity contribution in [2.75, 3.05) is 51.0 Å². The molecule has 2 heterocycles. The van der Waals surface area contributed by atoms with Crippen LogP contribution in [0.5, 0.6) is 11.5 Å². The Kier molecular flexibility index (Phi) is 35.6. The van der Waals surface area contributed by atoms with E-state index in [1.165, 1.54) is 48.5 Å². The number of carbonyl (C=O) groups is 11. The van der Waals surface area contributed by atoms with Gasteiger partial charge in [0.15, 0.2) is 12.2 Å². The number of nitrogens with two attached hydrogens (primary N) is 3. The van der Waals surface area contributed by atoms with Crippen molar-refractivity contribution in [2.24, 2.45) is 34.0 Å². The lowest BCUT2D eigenvalue weighted by Crippen LogP contribution is -2.71. The summed E-state index contributed by atoms with van der Waals surface area (Å²) in [6, 6.07) is -0.588. The highest BCUT2D eigenvalue weighted by Gasteiger charge is 2.60. The minimum absolute atomic E-state index is 0.0243. The van der Waals surface area contributed by atoms with Crippen LogP contribution in [0.3, 0.4) is 0 Å². The van der Waals surface area contributed by atoms with E-state index in [4.69, 9.17) is 36.1 Å². The lowest BCUT2D eigenvalue weighted by molar-refractivity contribution is -0.355. The molecule has 38 nitrogen and oxygen atoms in total. The fraction of sp³-hybridized carbons (Fsp3) is 0.625. The number of guanidine groups is 1. The summed E-state index contributed by atoms with van der Waals surface area (Å²) in [4.78, 5) is 151. The predicted octanol–water partition coefficient (Wildman–Crippen LogP) is -7.04. The Bertz CT molecular complexity index is 3190. The molecule has 0 unspecified atom stereocenters. The Morgan fingerprint density at radius 2 is 1.22 bits per heavy atom. The number of nitrogens with zero attached hydrogens (tertiary/aromatic N) is 1. The lowest BCUT2D eigenvalue weighted by Gasteiger charge is -2.50. The van der Waals surface area contributed by atoms with Gasteiger partial charge in [-0.25, -0.2) is 9.59 Å². The maximum atomic E-state index is 14.8. The number of aromatic hydroxyl groups is 2. The topological polar surface area (TPSA) is 626 Å². The van der Waals surface area contributed by atoms with Gasteiger partial charge < -0.3 is 135 Å². The number of hydrogen-bond donors (Lipinski definition) is 22. The highest BCUT2D eigenvalue weighted by atomic mass is 32.2. The van der Waals surface area contributed by atoms with Crippen LogP contribution in [-0.4, -0.2) is 276 Å². The number of aliphatic carboxylic acids is 2. The van der Waals surface area contributed by atoms with E-state index in [9.17, 15) is 104 Å². The molecule has 0 aromatic heterocycles. The molecule has 17 atom stereocenters. The highest BCUT2D eigenvalue weighted by molar-refractivity contribution is 7.99. The largest absolute Gasteiger partial charge is 0.508 e. The summed E-state index contributed by atoms with van der Waals surface area (Å²) < 4.78 is 23.6. The number of rotatable bonds is 42. The fourth-order valence-electron chi connectivity index (χ4n) is 10.9. The number of aliphatic hydroxyl groups excluding tert-OH is 6. The SMILES string of the molecule is CC(=O)N[C@H]1[C@@H](OCCSCC[C@H](NC(=O)[C@H](Cc2ccc(O)cc2)NC(=O)[C@@H](NC(=O)[C@H](Cc2ccc(O)cc2)NC(=O)CNC(=O)[C@@H](N)CCCN=C(N)N)C(C)C)C(=O)NCC(=O)N[C@@H](CC(C)C)C(=O)O)O[C@H](CO)[C@H](O)[C@@H]1O[C@]1(C(=O)O)C[C@H](O)[C@@H](NC(C)=O)[C@H]([C@H](O)[C@H](O)CO)O1. The van der Waals surface area contributed by atoms with Crippen molar-refractivity contribution in [3.05, 3.63) is 59.7 Å². The number of amides is 9. The Labute approximate surface area is 597 Å². The number of nitrogens with one attached hydrogen (secondary N) is 9. The quantitative estimate of drug-likeness (QED) is 0.0167. The van der Waals surface area contributed by atoms with E-state index in [1.807, 2.05) is 0 Å². The lowest BCUT2D eigenvalue weighted by atomic mass is 9.88. The van der Waals surface area contributed by atoms with E-state index in [0.29, 0.717) is 17.5 Å². The van der Waals surface area contributed by atoms with Crippen molar-refractivity contribution in [3.63, 3.8) is 0 Å². The molecule has 103 heavy (non-hydrogen) atoms. The summed E-state index contributed by atoms with van der Waals surface area (Å²) in [5.41, 5.74) is 17.5. The van der Waals surface area contributed by atoms with Gasteiger partial charge >= 0.3 is 11.9 Å². The van der Waals surface area contributed by atoms with Crippen LogP contribution in [0.15, 0.2) is 53.5 Å². The zero-order chi connectivity index (χ0) is 77.0. The van der Waals surface area contributed by atoms with Gasteiger partial charge in [-0.3, -0.25) is 48.1 Å². The number of carbonyl (C=O) groups excluding carboxylic acids is 9. The smallest absolute Gasteiger partial charge is 0.364 e. The van der Waals surface area contributed by atoms with Crippen molar-refractivity contribution >= 4 is 82.8 Å². The van der Waals surface area contributed by atoms with Gasteiger partial charge in [0.1, 0.15) is 84.4 Å². The van der Waals surface area contributed by atoms with Crippen molar-refractivity contribution in [1.82, 2.24) is 47.9 Å². The number of ether oxygens (including phenoxy) is 4. The van der Waals surface area contributed by atoms with Gasteiger partial charge in [-0.15, -0.1) is 0 Å². The second kappa shape index (κ2) is 42.2. The van der Waals surface area contributed by atoms with Crippen LogP contribution < -0.4 is 65.1 Å². The Balaban J connectivity index is 1.61. The van der Waals surface area contributed by atoms with Crippen LogP contribution >= 0.6 is 11.8 Å². The van der Waals surface area contributed by atoms with Crippen LogP contribution in [0.1, 0.15) is 84.8 Å². The van der Waals surface area contributed by atoms with Crippen LogP contribution in [0.25, 0.3) is 0 Å². The average molecular weight is 1480 g/mol. The molecule has 39 heteroatoms. The number of benzene rings is 2. The molecule has 4 rings (SSSR count). The molecule has 0 aliphatic carbocycles. The summed E-state index contributed by atoms with van der Waals surface area (Å²) in [7, 11) is 0. The first-order valence-corrected chi connectivity index (χ1v) is 34.2. The van der Waals surface area contributed by atoms with Gasteiger partial charge in [-0.1, -0.05) is 52.0 Å². The second-order valence-electron chi connectivity index (χ2n) is 25.5. The number of phenols is 2. The van der Waals surface area contributed by atoms with E-state index in [-0.39, 0.29) is 80.1 Å². The Morgan fingerprint density at radius 3 is 1.74 bits per heavy atom. The molecule has 2 aliphatic rings. The maximum Gasteiger partial charge on any atom is 0.364 e. The minimum atomic E-state index is -3.07. The second-order valence-corrected chi connectivity index (χ2v) is 26.7. The first-order chi connectivity index (χ1) is 48.5. The van der Waals surface area contributed by atoms with E-state index in [2.05, 4.69) is 52.8 Å². The summed E-state index contributed by atoms with van der Waals surface area (Å²) in [5, 5.41) is 127. The molecule has 9 amide bonds. The van der Waals surface area contributed by atoms with Crippen LogP contribution in [-0.2, 0) is 84.5 Å². The molecule has 2 aromatic carbocycles. The van der Waals surface area contributed by atoms with Gasteiger partial charge in [-0.2, -0.15) is 11.8 Å². The van der Waals surface area contributed by atoms with Crippen molar-refractivity contribution in [2.45, 2.75) is 190 Å². The molecule has 0 spiro atoms. The number of phenolic OH excluding ortho intramolecular Hbond substituents is 2. The number of hydrogen-bond acceptors (Lipinski definition) is 26. The van der Waals surface area contributed by atoms with Crippen LogP contribution in [0.2, 0.25) is 0 Å². The molecule has 2 saturated heterocycles. The molecule has 2 aromatic rings. The molecular weight excluding hydrogens is 1380 g/mol. The first kappa shape index (κ1) is 86.8. The van der Waals surface area contributed by atoms with Crippen molar-refractivity contribution in [3.8, 4) is 11.5 Å². The van der Waals surface area contributed by atoms with Gasteiger partial charge in [0.05, 0.1) is 51.1 Å². The zero-order valence-corrected chi connectivity index (χ0v) is 58.6. The van der Waals surface area contributed by atoms with E-state index >= 15 is 0 Å². The molecule has 25 N–H and O–H groups in total. The van der Waals surface area contributed by atoms with E-state index in [1.54, 1.807) is 27.7 Å². The first-order valence-electron chi connectivity index (χ1n) is 33.1. The third kappa shape index (κ3) is 28.2. The third-order valence-corrected chi connectivity index (χ3v) is 17.2. The predicted molar refractivity (Wildman–Crippen MR) is 364 cm³/mol. The van der Waals surface area contributed by atoms with E-state index in [0.717, 1.165) is 25.6 Å². The summed E-state index contributed by atoms with van der Waals surface area (Å²) >= 11 is 1.08. The van der Waals surface area contributed by atoms with E-state index < -0.39 is 207 Å². The Hall–Kier alpha value is -8.61. The van der Waals surface area contributed by atoms with Crippen molar-refractivity contribution < 1.29 is 123 Å². The zero-order valence-electron chi connectivity index (χ0n) is 57.8. The summed E-state index contributed by atoms with van der Waals surface area (Å²) in [6.07, 6.45) is -16.7. The van der Waals surface area contributed by atoms with Gasteiger partial charge in [0.2, 0.25) is 53.2 Å². The van der Waals surface area contributed by atoms with Crippen molar-refractivity contribution in [1.29, 1.82) is 0 Å².